The first-order valence-electron chi connectivity index (χ1n) is 9.09. The average molecular weight is 369 g/mol. The van der Waals surface area contributed by atoms with Crippen molar-refractivity contribution in [2.45, 2.75) is 13.0 Å². The molecule has 0 aliphatic carbocycles. The smallest absolute Gasteiger partial charge is 0.221 e. The monoisotopic (exact) mass is 368 g/mol. The third-order valence-corrected chi connectivity index (χ3v) is 5.67. The highest BCUT2D eigenvalue weighted by atomic mass is 35.5. The van der Waals surface area contributed by atoms with Gasteiger partial charge < -0.3 is 14.8 Å². The van der Waals surface area contributed by atoms with Crippen molar-refractivity contribution in [1.82, 2.24) is 4.98 Å². The summed E-state index contributed by atoms with van der Waals surface area (Å²) in [6.45, 7) is 5.81. The number of rotatable bonds is 4. The molecule has 2 N–H and O–H groups in total. The van der Waals surface area contributed by atoms with Crippen molar-refractivity contribution in [1.29, 1.82) is 0 Å². The number of carbonyl (C=O) groups excluding carboxylic acids is 1. The standard InChI is InChI=1S/C21H22ClN3O/c1-15(21(26)19-14-23-20-8-3-2-7-18(19)20)24-9-11-25(12-10-24)17-6-4-5-16(22)13-17/h2-8,13-15,23H,9-12H2,1H3/p+1/t15-/m0/s1. The minimum atomic E-state index is -0.0456. The van der Waals surface area contributed by atoms with Gasteiger partial charge in [-0.3, -0.25) is 4.79 Å². The number of fused-ring (bicyclic) bond motifs is 1. The topological polar surface area (TPSA) is 40.5 Å². The van der Waals surface area contributed by atoms with Crippen molar-refractivity contribution < 1.29 is 9.69 Å². The van der Waals surface area contributed by atoms with Gasteiger partial charge in [-0.2, -0.15) is 0 Å². The fraction of sp³-hybridized carbons (Fsp3) is 0.286. The van der Waals surface area contributed by atoms with Gasteiger partial charge in [0.2, 0.25) is 5.78 Å². The summed E-state index contributed by atoms with van der Waals surface area (Å²) < 4.78 is 0. The lowest BCUT2D eigenvalue weighted by Crippen LogP contribution is -3.18. The molecule has 5 heteroatoms. The van der Waals surface area contributed by atoms with Crippen LogP contribution in [0.15, 0.2) is 54.7 Å². The van der Waals surface area contributed by atoms with E-state index in [4.69, 9.17) is 11.6 Å². The SMILES string of the molecule is C[C@@H](C(=O)c1c[nH]c2ccccc12)[NH+]1CCN(c2cccc(Cl)c2)CC1. The highest BCUT2D eigenvalue weighted by Gasteiger charge is 2.31. The van der Waals surface area contributed by atoms with E-state index >= 15 is 0 Å². The Bertz CT molecular complexity index is 928. The van der Waals surface area contributed by atoms with Gasteiger partial charge in [0.05, 0.1) is 26.2 Å². The second-order valence-corrected chi connectivity index (χ2v) is 7.40. The number of carbonyl (C=O) groups is 1. The molecule has 1 saturated heterocycles. The van der Waals surface area contributed by atoms with Gasteiger partial charge in [0, 0.05) is 33.4 Å². The molecule has 1 aliphatic rings. The summed E-state index contributed by atoms with van der Waals surface area (Å²) >= 11 is 6.11. The predicted molar refractivity (Wildman–Crippen MR) is 106 cm³/mol. The van der Waals surface area contributed by atoms with Gasteiger partial charge in [0.25, 0.3) is 0 Å². The van der Waals surface area contributed by atoms with Gasteiger partial charge in [-0.05, 0) is 31.2 Å². The van der Waals surface area contributed by atoms with Crippen molar-refractivity contribution in [2.24, 2.45) is 0 Å². The molecule has 0 bridgehead atoms. The fourth-order valence-electron chi connectivity index (χ4n) is 3.85. The summed E-state index contributed by atoms with van der Waals surface area (Å²) in [7, 11) is 0. The Hall–Kier alpha value is -2.30. The molecule has 0 saturated carbocycles. The molecule has 1 aliphatic heterocycles. The van der Waals surface area contributed by atoms with Crippen LogP contribution < -0.4 is 9.80 Å². The number of nitrogens with zero attached hydrogens (tertiary/aromatic N) is 1. The van der Waals surface area contributed by atoms with Crippen LogP contribution in [0.2, 0.25) is 5.02 Å². The molecule has 0 radical (unpaired) electrons. The van der Waals surface area contributed by atoms with Crippen LogP contribution in [0.3, 0.4) is 0 Å². The van der Waals surface area contributed by atoms with Gasteiger partial charge in [-0.1, -0.05) is 35.9 Å². The third kappa shape index (κ3) is 3.22. The highest BCUT2D eigenvalue weighted by Crippen LogP contribution is 2.20. The van der Waals surface area contributed by atoms with Crippen molar-refractivity contribution >= 4 is 34.0 Å². The summed E-state index contributed by atoms with van der Waals surface area (Å²) in [6.07, 6.45) is 1.85. The number of H-pyrrole nitrogens is 1. The number of benzene rings is 2. The van der Waals surface area contributed by atoms with Crippen molar-refractivity contribution in [2.75, 3.05) is 31.1 Å². The maximum absolute atomic E-state index is 13.0. The maximum atomic E-state index is 13.0. The van der Waals surface area contributed by atoms with Crippen LogP contribution in [0, 0.1) is 0 Å². The number of aromatic nitrogens is 1. The van der Waals surface area contributed by atoms with Crippen molar-refractivity contribution in [3.05, 3.63) is 65.3 Å². The summed E-state index contributed by atoms with van der Waals surface area (Å²) in [5.74, 6) is 0.216. The van der Waals surface area contributed by atoms with Crippen LogP contribution in [-0.2, 0) is 0 Å². The summed E-state index contributed by atoms with van der Waals surface area (Å²) in [4.78, 5) is 19.9. The first kappa shape index (κ1) is 17.1. The number of hydrogen-bond acceptors (Lipinski definition) is 2. The molecule has 4 nitrogen and oxygen atoms in total. The van der Waals surface area contributed by atoms with E-state index in [0.717, 1.165) is 53.4 Å². The minimum absolute atomic E-state index is 0.0456. The number of para-hydroxylation sites is 1. The minimum Gasteiger partial charge on any atom is -0.360 e. The van der Waals surface area contributed by atoms with E-state index in [-0.39, 0.29) is 11.8 Å². The summed E-state index contributed by atoms with van der Waals surface area (Å²) in [5.41, 5.74) is 2.98. The van der Waals surface area contributed by atoms with Crippen LogP contribution in [0.25, 0.3) is 10.9 Å². The molecule has 1 aromatic heterocycles. The first-order chi connectivity index (χ1) is 12.6. The van der Waals surface area contributed by atoms with Crippen LogP contribution in [0.4, 0.5) is 5.69 Å². The molecule has 2 aromatic carbocycles. The Balaban J connectivity index is 1.45. The molecule has 3 aromatic rings. The Kier molecular flexibility index (Phi) is 4.70. The van der Waals surface area contributed by atoms with Crippen LogP contribution in [-0.4, -0.2) is 43.0 Å². The Labute approximate surface area is 158 Å². The molecule has 0 unspecified atom stereocenters. The second-order valence-electron chi connectivity index (χ2n) is 6.96. The Morgan fingerprint density at radius 3 is 2.69 bits per heavy atom. The number of Topliss-reactive ketones (excluding diaryl/α,β-unsaturated/α-hetero) is 1. The lowest BCUT2D eigenvalue weighted by molar-refractivity contribution is -0.914. The maximum Gasteiger partial charge on any atom is 0.221 e. The summed E-state index contributed by atoms with van der Waals surface area (Å²) in [5, 5.41) is 1.78. The molecule has 1 atom stereocenters. The van der Waals surface area contributed by atoms with Gasteiger partial charge in [-0.15, -0.1) is 0 Å². The summed E-state index contributed by atoms with van der Waals surface area (Å²) in [6, 6.07) is 15.9. The number of quaternary nitrogens is 1. The highest BCUT2D eigenvalue weighted by molar-refractivity contribution is 6.30. The van der Waals surface area contributed by atoms with Crippen molar-refractivity contribution in [3.63, 3.8) is 0 Å². The Morgan fingerprint density at radius 1 is 1.15 bits per heavy atom. The zero-order valence-corrected chi connectivity index (χ0v) is 15.6. The fourth-order valence-corrected chi connectivity index (χ4v) is 4.04. The Morgan fingerprint density at radius 2 is 1.92 bits per heavy atom. The van der Waals surface area contributed by atoms with Gasteiger partial charge in [0.15, 0.2) is 0 Å². The quantitative estimate of drug-likeness (QED) is 0.695. The zero-order chi connectivity index (χ0) is 18.1. The molecule has 2 heterocycles. The molecular weight excluding hydrogens is 346 g/mol. The number of anilines is 1. The molecular formula is C21H23ClN3O+. The molecule has 1 fully saturated rings. The molecule has 0 spiro atoms. The second kappa shape index (κ2) is 7.14. The van der Waals surface area contributed by atoms with E-state index < -0.39 is 0 Å². The van der Waals surface area contributed by atoms with Crippen LogP contribution in [0.5, 0.6) is 0 Å². The average Bonchev–Trinajstić information content (AvgIpc) is 3.11. The van der Waals surface area contributed by atoms with E-state index in [9.17, 15) is 4.79 Å². The van der Waals surface area contributed by atoms with E-state index in [2.05, 4.69) is 22.9 Å². The molecule has 0 amide bonds. The van der Waals surface area contributed by atoms with Gasteiger partial charge >= 0.3 is 0 Å². The van der Waals surface area contributed by atoms with Crippen molar-refractivity contribution in [3.8, 4) is 0 Å². The third-order valence-electron chi connectivity index (χ3n) is 5.44. The number of ketones is 1. The van der Waals surface area contributed by atoms with E-state index in [1.54, 1.807) is 0 Å². The molecule has 134 valence electrons. The van der Waals surface area contributed by atoms with E-state index in [1.165, 1.54) is 4.90 Å². The number of nitrogens with one attached hydrogen (secondary N) is 2. The number of piperazine rings is 1. The van der Waals surface area contributed by atoms with Gasteiger partial charge in [0.1, 0.15) is 6.04 Å². The number of halogens is 1. The lowest BCUT2D eigenvalue weighted by atomic mass is 10.0. The number of hydrogen-bond donors (Lipinski definition) is 2. The largest absolute Gasteiger partial charge is 0.360 e. The normalized spacial score (nSPS) is 16.8. The van der Waals surface area contributed by atoms with Crippen LogP contribution >= 0.6 is 11.6 Å². The van der Waals surface area contributed by atoms with Crippen LogP contribution in [0.1, 0.15) is 17.3 Å². The number of aromatic amines is 1. The van der Waals surface area contributed by atoms with E-state index in [0.29, 0.717) is 0 Å². The zero-order valence-electron chi connectivity index (χ0n) is 14.8. The van der Waals surface area contributed by atoms with Gasteiger partial charge in [-0.25, -0.2) is 0 Å². The molecule has 26 heavy (non-hydrogen) atoms. The lowest BCUT2D eigenvalue weighted by Gasteiger charge is -2.36. The van der Waals surface area contributed by atoms with E-state index in [1.807, 2.05) is 48.7 Å². The first-order valence-corrected chi connectivity index (χ1v) is 9.47. The predicted octanol–water partition coefficient (Wildman–Crippen LogP) is 2.80. The molecule has 4 rings (SSSR count).